The van der Waals surface area contributed by atoms with Crippen molar-refractivity contribution in [2.45, 2.75) is 37.7 Å². The Hall–Kier alpha value is -2.57. The first kappa shape index (κ1) is 23.1. The van der Waals surface area contributed by atoms with Gasteiger partial charge in [-0.1, -0.05) is 42.6 Å². The number of hydrogen-bond donors (Lipinski definition) is 1. The van der Waals surface area contributed by atoms with Crippen LogP contribution >= 0.6 is 11.6 Å². The summed E-state index contributed by atoms with van der Waals surface area (Å²) in [5, 5.41) is 3.21. The summed E-state index contributed by atoms with van der Waals surface area (Å²) < 4.78 is 15.8. The fourth-order valence-electron chi connectivity index (χ4n) is 4.02. The normalized spacial score (nSPS) is 14.8. The second-order valence-electron chi connectivity index (χ2n) is 7.59. The lowest BCUT2D eigenvalue weighted by molar-refractivity contribution is 0.0598. The van der Waals surface area contributed by atoms with Gasteiger partial charge in [0.15, 0.2) is 0 Å². The first-order chi connectivity index (χ1) is 15.0. The van der Waals surface area contributed by atoms with Gasteiger partial charge in [0, 0.05) is 11.6 Å². The highest BCUT2D eigenvalue weighted by molar-refractivity contribution is 6.30. The minimum absolute atomic E-state index is 0.257. The highest BCUT2D eigenvalue weighted by Crippen LogP contribution is 2.37. The molecule has 31 heavy (non-hydrogen) atoms. The molecule has 0 aromatic heterocycles. The van der Waals surface area contributed by atoms with Gasteiger partial charge < -0.3 is 19.5 Å². The van der Waals surface area contributed by atoms with E-state index in [1.807, 2.05) is 30.3 Å². The first-order valence-electron chi connectivity index (χ1n) is 10.4. The molecule has 0 heterocycles. The number of amides is 1. The number of rotatable bonds is 8. The molecule has 0 aliphatic heterocycles. The van der Waals surface area contributed by atoms with Gasteiger partial charge in [-0.3, -0.25) is 0 Å². The van der Waals surface area contributed by atoms with Crippen molar-refractivity contribution in [2.24, 2.45) is 0 Å². The Balaban J connectivity index is 1.94. The van der Waals surface area contributed by atoms with Gasteiger partial charge in [0.05, 0.1) is 26.4 Å². The molecule has 1 saturated carbocycles. The predicted molar refractivity (Wildman–Crippen MR) is 119 cm³/mol. The van der Waals surface area contributed by atoms with Gasteiger partial charge >= 0.3 is 12.1 Å². The molecule has 1 unspecified atom stereocenters. The Morgan fingerprint density at radius 2 is 1.84 bits per heavy atom. The van der Waals surface area contributed by atoms with Gasteiger partial charge in [-0.25, -0.2) is 9.59 Å². The van der Waals surface area contributed by atoms with Crippen LogP contribution in [-0.4, -0.2) is 39.4 Å². The third kappa shape index (κ3) is 6.21. The smallest absolute Gasteiger partial charge is 0.406 e. The van der Waals surface area contributed by atoms with Crippen molar-refractivity contribution in [3.8, 4) is 0 Å². The number of carbonyl (C=O) groups is 2. The number of carbonyl (C=O) groups excluding carboxylic acids is 2. The van der Waals surface area contributed by atoms with Crippen LogP contribution in [0.25, 0.3) is 0 Å². The van der Waals surface area contributed by atoms with E-state index in [0.717, 1.165) is 29.5 Å². The lowest BCUT2D eigenvalue weighted by Gasteiger charge is -2.22. The molecular weight excluding hydrogens is 418 g/mol. The zero-order chi connectivity index (χ0) is 22.2. The molecule has 1 N–H and O–H groups in total. The Morgan fingerprint density at radius 1 is 1.06 bits per heavy atom. The Labute approximate surface area is 187 Å². The molecule has 1 amide bonds. The van der Waals surface area contributed by atoms with Gasteiger partial charge in [-0.05, 0) is 59.7 Å². The van der Waals surface area contributed by atoms with E-state index in [-0.39, 0.29) is 19.1 Å². The molecule has 1 aliphatic rings. The average molecular weight is 446 g/mol. The number of alkyl carbamates (subject to hydrolysis) is 1. The average Bonchev–Trinajstić information content (AvgIpc) is 3.33. The maximum atomic E-state index is 12.4. The second-order valence-corrected chi connectivity index (χ2v) is 8.02. The van der Waals surface area contributed by atoms with Gasteiger partial charge in [0.1, 0.15) is 6.10 Å². The van der Waals surface area contributed by atoms with Crippen molar-refractivity contribution in [3.63, 3.8) is 0 Å². The van der Waals surface area contributed by atoms with Crippen molar-refractivity contribution in [1.82, 2.24) is 5.32 Å². The maximum absolute atomic E-state index is 12.4. The van der Waals surface area contributed by atoms with E-state index in [1.54, 1.807) is 6.07 Å². The van der Waals surface area contributed by atoms with Crippen LogP contribution in [0, 0.1) is 0 Å². The summed E-state index contributed by atoms with van der Waals surface area (Å²) in [6.07, 6.45) is 3.62. The largest absolute Gasteiger partial charge is 0.465 e. The lowest BCUT2D eigenvalue weighted by Crippen LogP contribution is -2.27. The second kappa shape index (κ2) is 11.2. The maximum Gasteiger partial charge on any atom is 0.406 e. The minimum atomic E-state index is -0.515. The van der Waals surface area contributed by atoms with Crippen LogP contribution in [0.2, 0.25) is 5.02 Å². The van der Waals surface area contributed by atoms with Crippen LogP contribution in [0.15, 0.2) is 42.5 Å². The van der Waals surface area contributed by atoms with E-state index in [9.17, 15) is 9.59 Å². The highest BCUT2D eigenvalue weighted by Gasteiger charge is 2.23. The summed E-state index contributed by atoms with van der Waals surface area (Å²) in [6.45, 7) is 0.545. The lowest BCUT2D eigenvalue weighted by atomic mass is 9.90. The number of hydrogen-bond acceptors (Lipinski definition) is 5. The van der Waals surface area contributed by atoms with Gasteiger partial charge in [0.2, 0.25) is 0 Å². The van der Waals surface area contributed by atoms with Crippen LogP contribution in [0.3, 0.4) is 0 Å². The van der Waals surface area contributed by atoms with Crippen LogP contribution in [0.1, 0.15) is 64.8 Å². The van der Waals surface area contributed by atoms with Crippen molar-refractivity contribution >= 4 is 23.7 Å². The molecule has 7 heteroatoms. The summed E-state index contributed by atoms with van der Waals surface area (Å²) in [6, 6.07) is 13.3. The van der Waals surface area contributed by atoms with E-state index in [0.29, 0.717) is 16.5 Å². The summed E-state index contributed by atoms with van der Waals surface area (Å²) >= 11 is 6.23. The van der Waals surface area contributed by atoms with E-state index in [4.69, 9.17) is 21.1 Å². The van der Waals surface area contributed by atoms with Crippen molar-refractivity contribution < 1.29 is 23.8 Å². The third-order valence-corrected chi connectivity index (χ3v) is 5.76. The number of nitrogens with one attached hydrogen (secondary N) is 1. The summed E-state index contributed by atoms with van der Waals surface area (Å²) in [4.78, 5) is 23.7. The molecular formula is C24H28ClNO5. The fourth-order valence-corrected chi connectivity index (χ4v) is 4.21. The molecule has 0 spiro atoms. The van der Waals surface area contributed by atoms with Crippen LogP contribution < -0.4 is 5.32 Å². The Bertz CT molecular complexity index is 911. The van der Waals surface area contributed by atoms with Crippen molar-refractivity contribution in [1.29, 1.82) is 0 Å². The summed E-state index contributed by atoms with van der Waals surface area (Å²) in [5.74, 6) is 0.0441. The minimum Gasteiger partial charge on any atom is -0.465 e. The molecule has 0 bridgehead atoms. The van der Waals surface area contributed by atoms with E-state index >= 15 is 0 Å². The Morgan fingerprint density at radius 3 is 2.52 bits per heavy atom. The molecule has 6 nitrogen and oxygen atoms in total. The van der Waals surface area contributed by atoms with E-state index in [2.05, 4.69) is 16.1 Å². The quantitative estimate of drug-likeness (QED) is 0.444. The summed E-state index contributed by atoms with van der Waals surface area (Å²) in [5.41, 5.74) is 3.35. The fraction of sp³-hybridized carbons (Fsp3) is 0.417. The summed E-state index contributed by atoms with van der Waals surface area (Å²) in [7, 11) is 2.70. The molecule has 1 atom stereocenters. The van der Waals surface area contributed by atoms with Crippen molar-refractivity contribution in [2.75, 3.05) is 27.4 Å². The topological polar surface area (TPSA) is 73.9 Å². The number of esters is 1. The van der Waals surface area contributed by atoms with Crippen molar-refractivity contribution in [3.05, 3.63) is 69.7 Å². The molecule has 1 fully saturated rings. The highest BCUT2D eigenvalue weighted by atomic mass is 35.5. The van der Waals surface area contributed by atoms with Crippen LogP contribution in [0.5, 0.6) is 0 Å². The van der Waals surface area contributed by atoms with Gasteiger partial charge in [-0.15, -0.1) is 0 Å². The van der Waals surface area contributed by atoms with Crippen LogP contribution in [0.4, 0.5) is 4.79 Å². The number of methoxy groups -OCH3 is 2. The Kier molecular flexibility index (Phi) is 8.32. The van der Waals surface area contributed by atoms with E-state index < -0.39 is 12.2 Å². The molecule has 3 rings (SSSR count). The monoisotopic (exact) mass is 445 g/mol. The molecule has 0 radical (unpaired) electrons. The zero-order valence-corrected chi connectivity index (χ0v) is 18.6. The predicted octanol–water partition coefficient (Wildman–Crippen LogP) is 5.25. The molecule has 166 valence electrons. The van der Waals surface area contributed by atoms with Gasteiger partial charge in [0.25, 0.3) is 0 Å². The van der Waals surface area contributed by atoms with E-state index in [1.165, 1.54) is 27.1 Å². The molecule has 2 aromatic carbocycles. The molecule has 1 aliphatic carbocycles. The van der Waals surface area contributed by atoms with Crippen LogP contribution in [-0.2, 0) is 14.2 Å². The third-order valence-electron chi connectivity index (χ3n) is 5.52. The first-order valence-corrected chi connectivity index (χ1v) is 10.8. The van der Waals surface area contributed by atoms with Gasteiger partial charge in [-0.2, -0.15) is 0 Å². The SMILES string of the molecule is COC(=O)NCCOC(c1cccc(Cl)c1)c1cc(C(=O)OC)cc(C2CCCC2)c1. The number of benzene rings is 2. The zero-order valence-electron chi connectivity index (χ0n) is 17.9. The number of ether oxygens (including phenoxy) is 3. The standard InChI is InChI=1S/C24H28ClNO5/c1-29-23(27)20-13-18(16-6-3-4-7-16)12-19(14-20)22(17-8-5-9-21(25)15-17)31-11-10-26-24(28)30-2/h5,8-9,12-16,22H,3-4,6-7,10-11H2,1-2H3,(H,26,28). The number of halogens is 1. The molecule has 0 saturated heterocycles. The molecule has 2 aromatic rings.